The molecule has 1 heterocycles. The van der Waals surface area contributed by atoms with Crippen molar-refractivity contribution in [2.75, 3.05) is 13.2 Å². The minimum Gasteiger partial charge on any atom is -0.396 e. The average molecular weight is 319 g/mol. The Balaban J connectivity index is 2.47. The summed E-state index contributed by atoms with van der Waals surface area (Å²) in [6.45, 7) is 4.40. The summed E-state index contributed by atoms with van der Waals surface area (Å²) >= 11 is 0. The first-order valence-electron chi connectivity index (χ1n) is 7.80. The van der Waals surface area contributed by atoms with Crippen LogP contribution in [0.1, 0.15) is 37.9 Å². The lowest BCUT2D eigenvalue weighted by atomic mass is 10.1. The van der Waals surface area contributed by atoms with Crippen LogP contribution in [0.3, 0.4) is 0 Å². The average Bonchev–Trinajstić information content (AvgIpc) is 2.85. The van der Waals surface area contributed by atoms with E-state index < -0.39 is 0 Å². The smallest absolute Gasteiger partial charge is 0.280 e. The quantitative estimate of drug-likeness (QED) is 0.608. The number of benzene rings is 1. The summed E-state index contributed by atoms with van der Waals surface area (Å²) in [7, 11) is 0. The summed E-state index contributed by atoms with van der Waals surface area (Å²) in [5, 5.41) is 12.0. The van der Waals surface area contributed by atoms with Crippen LogP contribution in [-0.4, -0.2) is 33.8 Å². The van der Waals surface area contributed by atoms with E-state index in [-0.39, 0.29) is 18.0 Å². The normalized spacial score (nSPS) is 11.9. The highest BCUT2D eigenvalue weighted by atomic mass is 19.1. The Hall–Kier alpha value is -2.21. The molecule has 0 saturated heterocycles. The molecule has 0 unspecified atom stereocenters. The molecule has 0 aliphatic carbocycles. The number of H-pyrrole nitrogens is 1. The van der Waals surface area contributed by atoms with Crippen LogP contribution in [0.5, 0.6) is 0 Å². The van der Waals surface area contributed by atoms with Crippen LogP contribution in [0.15, 0.2) is 34.1 Å². The lowest BCUT2D eigenvalue weighted by Crippen LogP contribution is -2.20. The maximum absolute atomic E-state index is 13.1. The van der Waals surface area contributed by atoms with Crippen LogP contribution in [0.4, 0.5) is 4.39 Å². The van der Waals surface area contributed by atoms with Crippen molar-refractivity contribution in [1.82, 2.24) is 9.78 Å². The van der Waals surface area contributed by atoms with E-state index in [4.69, 9.17) is 5.11 Å². The number of aliphatic hydroxyl groups is 1. The third kappa shape index (κ3) is 3.96. The molecule has 0 amide bonds. The predicted octanol–water partition coefficient (Wildman–Crippen LogP) is 2.45. The van der Waals surface area contributed by atoms with Gasteiger partial charge in [-0.05, 0) is 44.0 Å². The van der Waals surface area contributed by atoms with Crippen molar-refractivity contribution in [3.8, 4) is 5.69 Å². The molecule has 5 nitrogen and oxygen atoms in total. The number of rotatable bonds is 7. The highest BCUT2D eigenvalue weighted by molar-refractivity contribution is 5.99. The molecule has 1 aromatic carbocycles. The molecular weight excluding hydrogens is 297 g/mol. The van der Waals surface area contributed by atoms with Gasteiger partial charge in [-0.1, -0.05) is 13.3 Å². The molecule has 0 radical (unpaired) electrons. The molecular formula is C17H22FN3O2. The van der Waals surface area contributed by atoms with Crippen molar-refractivity contribution in [3.05, 3.63) is 51.7 Å². The van der Waals surface area contributed by atoms with Crippen molar-refractivity contribution in [1.29, 1.82) is 0 Å². The number of nitrogens with zero attached hydrogens (tertiary/aromatic N) is 2. The predicted molar refractivity (Wildman–Crippen MR) is 89.1 cm³/mol. The first-order chi connectivity index (χ1) is 11.1. The van der Waals surface area contributed by atoms with E-state index in [2.05, 4.69) is 10.1 Å². The molecule has 2 aromatic rings. The number of aromatic nitrogens is 2. The molecule has 0 saturated carbocycles. The maximum atomic E-state index is 13.1. The van der Waals surface area contributed by atoms with Gasteiger partial charge in [0.25, 0.3) is 5.56 Å². The number of hydrogen-bond acceptors (Lipinski definition) is 3. The fourth-order valence-corrected chi connectivity index (χ4v) is 2.46. The summed E-state index contributed by atoms with van der Waals surface area (Å²) in [5.74, 6) is -0.343. The van der Waals surface area contributed by atoms with Gasteiger partial charge in [-0.25, -0.2) is 9.07 Å². The third-order valence-electron chi connectivity index (χ3n) is 3.58. The van der Waals surface area contributed by atoms with Crippen molar-refractivity contribution >= 4 is 5.71 Å². The SMILES string of the molecule is CCCc1[nH]n(-c2ccc(F)cc2)c(=O)c1C(C)=NCCCO. The Kier molecular flexibility index (Phi) is 5.87. The highest BCUT2D eigenvalue weighted by Gasteiger charge is 2.17. The lowest BCUT2D eigenvalue weighted by molar-refractivity contribution is 0.291. The first-order valence-corrected chi connectivity index (χ1v) is 7.80. The first kappa shape index (κ1) is 17.1. The van der Waals surface area contributed by atoms with E-state index in [0.29, 0.717) is 29.9 Å². The molecule has 2 N–H and O–H groups in total. The zero-order chi connectivity index (χ0) is 16.8. The molecule has 0 bridgehead atoms. The third-order valence-corrected chi connectivity index (χ3v) is 3.58. The number of aliphatic hydroxyl groups excluding tert-OH is 1. The van der Waals surface area contributed by atoms with Crippen LogP contribution in [-0.2, 0) is 6.42 Å². The summed E-state index contributed by atoms with van der Waals surface area (Å²) in [4.78, 5) is 17.1. The van der Waals surface area contributed by atoms with Crippen LogP contribution in [0.25, 0.3) is 5.69 Å². The molecule has 6 heteroatoms. The van der Waals surface area contributed by atoms with E-state index >= 15 is 0 Å². The second kappa shape index (κ2) is 7.87. The van der Waals surface area contributed by atoms with E-state index in [1.807, 2.05) is 6.92 Å². The molecule has 1 aromatic heterocycles. The van der Waals surface area contributed by atoms with Crippen molar-refractivity contribution < 1.29 is 9.50 Å². The van der Waals surface area contributed by atoms with Crippen LogP contribution < -0.4 is 5.56 Å². The van der Waals surface area contributed by atoms with Gasteiger partial charge in [-0.2, -0.15) is 0 Å². The second-order valence-corrected chi connectivity index (χ2v) is 5.38. The highest BCUT2D eigenvalue weighted by Crippen LogP contribution is 2.12. The fourth-order valence-electron chi connectivity index (χ4n) is 2.46. The summed E-state index contributed by atoms with van der Waals surface area (Å²) in [6, 6.07) is 5.77. The number of aromatic amines is 1. The van der Waals surface area contributed by atoms with E-state index in [9.17, 15) is 9.18 Å². The van der Waals surface area contributed by atoms with E-state index in [1.54, 1.807) is 19.1 Å². The van der Waals surface area contributed by atoms with Gasteiger partial charge in [0.15, 0.2) is 0 Å². The Morgan fingerprint density at radius 1 is 1.35 bits per heavy atom. The standard InChI is InChI=1S/C17H22FN3O2/c1-3-5-15-16(12(2)19-10-4-11-22)17(23)21(20-15)14-8-6-13(18)7-9-14/h6-9,20,22H,3-5,10-11H2,1-2H3. The topological polar surface area (TPSA) is 70.4 Å². The molecule has 0 aliphatic rings. The van der Waals surface area contributed by atoms with Crippen molar-refractivity contribution in [3.63, 3.8) is 0 Å². The van der Waals surface area contributed by atoms with Gasteiger partial charge in [0.05, 0.1) is 11.3 Å². The molecule has 0 fully saturated rings. The number of hydrogen-bond donors (Lipinski definition) is 2. The van der Waals surface area contributed by atoms with Gasteiger partial charge in [0.1, 0.15) is 5.82 Å². The molecule has 23 heavy (non-hydrogen) atoms. The number of nitrogens with one attached hydrogen (secondary N) is 1. The van der Waals surface area contributed by atoms with Gasteiger partial charge in [-0.3, -0.25) is 14.9 Å². The Morgan fingerprint density at radius 3 is 2.65 bits per heavy atom. The summed E-state index contributed by atoms with van der Waals surface area (Å²) in [5.41, 5.74) is 2.44. The Morgan fingerprint density at radius 2 is 2.04 bits per heavy atom. The minimum atomic E-state index is -0.343. The van der Waals surface area contributed by atoms with E-state index in [0.717, 1.165) is 18.5 Å². The van der Waals surface area contributed by atoms with Gasteiger partial charge in [0.2, 0.25) is 0 Å². The van der Waals surface area contributed by atoms with Crippen LogP contribution >= 0.6 is 0 Å². The fraction of sp³-hybridized carbons (Fsp3) is 0.412. The molecule has 0 spiro atoms. The Labute approximate surface area is 134 Å². The maximum Gasteiger partial charge on any atom is 0.280 e. The van der Waals surface area contributed by atoms with Crippen LogP contribution in [0, 0.1) is 5.82 Å². The van der Waals surface area contributed by atoms with Gasteiger partial charge < -0.3 is 5.11 Å². The van der Waals surface area contributed by atoms with Gasteiger partial charge in [-0.15, -0.1) is 0 Å². The molecule has 0 atom stereocenters. The molecule has 124 valence electrons. The summed E-state index contributed by atoms with van der Waals surface area (Å²) in [6.07, 6.45) is 2.18. The monoisotopic (exact) mass is 319 g/mol. The lowest BCUT2D eigenvalue weighted by Gasteiger charge is -2.01. The van der Waals surface area contributed by atoms with Crippen molar-refractivity contribution in [2.24, 2.45) is 4.99 Å². The van der Waals surface area contributed by atoms with Crippen molar-refractivity contribution in [2.45, 2.75) is 33.1 Å². The number of halogens is 1. The van der Waals surface area contributed by atoms with Crippen LogP contribution in [0.2, 0.25) is 0 Å². The second-order valence-electron chi connectivity index (χ2n) is 5.38. The van der Waals surface area contributed by atoms with Gasteiger partial charge >= 0.3 is 0 Å². The largest absolute Gasteiger partial charge is 0.396 e. The summed E-state index contributed by atoms with van der Waals surface area (Å²) < 4.78 is 14.5. The molecule has 2 rings (SSSR count). The minimum absolute atomic E-state index is 0.0749. The number of aryl methyl sites for hydroxylation is 1. The number of aliphatic imine (C=N–C) groups is 1. The van der Waals surface area contributed by atoms with E-state index in [1.165, 1.54) is 16.8 Å². The Bertz CT molecular complexity index is 729. The van der Waals surface area contributed by atoms with Gasteiger partial charge in [0, 0.05) is 24.6 Å². The zero-order valence-corrected chi connectivity index (χ0v) is 13.5. The zero-order valence-electron chi connectivity index (χ0n) is 13.5. The molecule has 0 aliphatic heterocycles.